The summed E-state index contributed by atoms with van der Waals surface area (Å²) >= 11 is 0. The van der Waals surface area contributed by atoms with Crippen molar-refractivity contribution in [1.29, 1.82) is 0 Å². The van der Waals surface area contributed by atoms with E-state index in [0.29, 0.717) is 5.76 Å². The normalized spacial score (nSPS) is 10.8. The van der Waals surface area contributed by atoms with Gasteiger partial charge in [0.05, 0.1) is 5.52 Å². The van der Waals surface area contributed by atoms with Crippen LogP contribution in [0.2, 0.25) is 0 Å². The second-order valence-corrected chi connectivity index (χ2v) is 2.84. The largest absolute Gasteiger partial charge is 0.451 e. The second kappa shape index (κ2) is 2.24. The van der Waals surface area contributed by atoms with Gasteiger partial charge in [-0.1, -0.05) is 0 Å². The molecule has 0 aliphatic rings. The van der Waals surface area contributed by atoms with E-state index in [2.05, 4.69) is 0 Å². The fourth-order valence-corrected chi connectivity index (χ4v) is 1.22. The highest BCUT2D eigenvalue weighted by Gasteiger charge is 2.08. The standard InChI is InChI=1S/C9H9NO2/c1-6(11)9-5-7-8(12-9)3-4-10(7)2/h3-5H,1-2H3. The number of hydrogen-bond donors (Lipinski definition) is 0. The number of aromatic nitrogens is 1. The van der Waals surface area contributed by atoms with Crippen LogP contribution in [0.25, 0.3) is 11.1 Å². The van der Waals surface area contributed by atoms with Crippen molar-refractivity contribution in [2.24, 2.45) is 7.05 Å². The molecule has 12 heavy (non-hydrogen) atoms. The molecular formula is C9H9NO2. The first-order chi connectivity index (χ1) is 5.68. The number of ketones is 1. The van der Waals surface area contributed by atoms with Crippen molar-refractivity contribution in [3.8, 4) is 0 Å². The Balaban J connectivity index is 2.70. The first-order valence-electron chi connectivity index (χ1n) is 3.74. The lowest BCUT2D eigenvalue weighted by Crippen LogP contribution is -1.87. The van der Waals surface area contributed by atoms with Crippen molar-refractivity contribution >= 4 is 16.9 Å². The number of furan rings is 1. The van der Waals surface area contributed by atoms with Crippen molar-refractivity contribution < 1.29 is 9.21 Å². The maximum absolute atomic E-state index is 10.9. The molecule has 0 fully saturated rings. The number of hydrogen-bond acceptors (Lipinski definition) is 2. The fraction of sp³-hybridized carbons (Fsp3) is 0.222. The Morgan fingerprint density at radius 3 is 2.92 bits per heavy atom. The molecule has 0 unspecified atom stereocenters. The van der Waals surface area contributed by atoms with Crippen LogP contribution < -0.4 is 0 Å². The molecule has 0 amide bonds. The van der Waals surface area contributed by atoms with E-state index >= 15 is 0 Å². The van der Waals surface area contributed by atoms with Gasteiger partial charge < -0.3 is 8.98 Å². The summed E-state index contributed by atoms with van der Waals surface area (Å²) < 4.78 is 7.20. The Morgan fingerprint density at radius 1 is 1.58 bits per heavy atom. The lowest BCUT2D eigenvalue weighted by Gasteiger charge is -1.86. The Kier molecular flexibility index (Phi) is 1.33. The van der Waals surface area contributed by atoms with Crippen LogP contribution in [-0.4, -0.2) is 10.4 Å². The molecule has 0 spiro atoms. The van der Waals surface area contributed by atoms with E-state index in [1.165, 1.54) is 6.92 Å². The minimum absolute atomic E-state index is 0.0359. The SMILES string of the molecule is CC(=O)c1cc2c(ccn2C)o1. The van der Waals surface area contributed by atoms with Gasteiger partial charge in [-0.25, -0.2) is 0 Å². The zero-order valence-electron chi connectivity index (χ0n) is 7.00. The van der Waals surface area contributed by atoms with Crippen LogP contribution in [-0.2, 0) is 7.05 Å². The number of Topliss-reactive ketones (excluding diaryl/α,β-unsaturated/α-hetero) is 1. The average Bonchev–Trinajstić information content (AvgIpc) is 2.53. The number of carbonyl (C=O) groups is 1. The van der Waals surface area contributed by atoms with Crippen LogP contribution in [0, 0.1) is 0 Å². The van der Waals surface area contributed by atoms with E-state index in [0.717, 1.165) is 11.1 Å². The molecule has 0 radical (unpaired) electrons. The molecule has 0 N–H and O–H groups in total. The number of fused-ring (bicyclic) bond motifs is 1. The molecule has 62 valence electrons. The Morgan fingerprint density at radius 2 is 2.33 bits per heavy atom. The van der Waals surface area contributed by atoms with E-state index in [9.17, 15) is 4.79 Å². The average molecular weight is 163 g/mol. The van der Waals surface area contributed by atoms with Gasteiger partial charge in [-0.15, -0.1) is 0 Å². The summed E-state index contributed by atoms with van der Waals surface area (Å²) in [4.78, 5) is 10.9. The number of rotatable bonds is 1. The predicted octanol–water partition coefficient (Wildman–Crippen LogP) is 1.97. The highest BCUT2D eigenvalue weighted by atomic mass is 16.3. The third kappa shape index (κ3) is 0.863. The molecule has 2 rings (SSSR count). The first-order valence-corrected chi connectivity index (χ1v) is 3.74. The van der Waals surface area contributed by atoms with E-state index in [-0.39, 0.29) is 5.78 Å². The molecule has 0 aromatic carbocycles. The summed E-state index contributed by atoms with van der Waals surface area (Å²) in [6.07, 6.45) is 1.90. The van der Waals surface area contributed by atoms with Crippen LogP contribution in [0.1, 0.15) is 17.5 Å². The summed E-state index contributed by atoms with van der Waals surface area (Å²) in [5.74, 6) is 0.391. The quantitative estimate of drug-likeness (QED) is 0.602. The number of nitrogens with zero attached hydrogens (tertiary/aromatic N) is 1. The molecule has 3 nitrogen and oxygen atoms in total. The summed E-state index contributed by atoms with van der Waals surface area (Å²) in [5.41, 5.74) is 1.72. The molecular weight excluding hydrogens is 154 g/mol. The van der Waals surface area contributed by atoms with Gasteiger partial charge in [0.1, 0.15) is 0 Å². The minimum Gasteiger partial charge on any atom is -0.451 e. The van der Waals surface area contributed by atoms with Gasteiger partial charge in [0, 0.05) is 26.2 Å². The lowest BCUT2D eigenvalue weighted by atomic mass is 10.3. The predicted molar refractivity (Wildman–Crippen MR) is 45.2 cm³/mol. The van der Waals surface area contributed by atoms with Crippen molar-refractivity contribution in [1.82, 2.24) is 4.57 Å². The third-order valence-electron chi connectivity index (χ3n) is 1.92. The fourth-order valence-electron chi connectivity index (χ4n) is 1.22. The molecule has 3 heteroatoms. The molecule has 0 aliphatic carbocycles. The van der Waals surface area contributed by atoms with Crippen molar-refractivity contribution in [3.63, 3.8) is 0 Å². The van der Waals surface area contributed by atoms with Crippen molar-refractivity contribution in [2.75, 3.05) is 0 Å². The van der Waals surface area contributed by atoms with Crippen LogP contribution in [0.4, 0.5) is 0 Å². The summed E-state index contributed by atoms with van der Waals surface area (Å²) in [5, 5.41) is 0. The number of carbonyl (C=O) groups excluding carboxylic acids is 1. The van der Waals surface area contributed by atoms with Crippen molar-refractivity contribution in [2.45, 2.75) is 6.92 Å². The molecule has 0 atom stereocenters. The van der Waals surface area contributed by atoms with Crippen LogP contribution in [0.5, 0.6) is 0 Å². The Bertz CT molecular complexity index is 436. The summed E-state index contributed by atoms with van der Waals surface area (Å²) in [6, 6.07) is 3.61. The third-order valence-corrected chi connectivity index (χ3v) is 1.92. The second-order valence-electron chi connectivity index (χ2n) is 2.84. The summed E-state index contributed by atoms with van der Waals surface area (Å²) in [7, 11) is 1.92. The van der Waals surface area contributed by atoms with Gasteiger partial charge >= 0.3 is 0 Å². The van der Waals surface area contributed by atoms with Crippen LogP contribution >= 0.6 is 0 Å². The maximum Gasteiger partial charge on any atom is 0.195 e. The van der Waals surface area contributed by atoms with E-state index < -0.39 is 0 Å². The van der Waals surface area contributed by atoms with Gasteiger partial charge in [-0.2, -0.15) is 0 Å². The van der Waals surface area contributed by atoms with E-state index in [1.54, 1.807) is 6.07 Å². The molecule has 2 aromatic rings. The topological polar surface area (TPSA) is 35.1 Å². The van der Waals surface area contributed by atoms with Crippen molar-refractivity contribution in [3.05, 3.63) is 24.1 Å². The monoisotopic (exact) mass is 163 g/mol. The minimum atomic E-state index is -0.0359. The van der Waals surface area contributed by atoms with E-state index in [1.807, 2.05) is 23.9 Å². The zero-order valence-corrected chi connectivity index (χ0v) is 7.00. The lowest BCUT2D eigenvalue weighted by molar-refractivity contribution is 0.0989. The molecule has 0 bridgehead atoms. The number of aryl methyl sites for hydroxylation is 1. The summed E-state index contributed by atoms with van der Waals surface area (Å²) in [6.45, 7) is 1.50. The molecule has 2 heterocycles. The molecule has 0 aliphatic heterocycles. The molecule has 0 saturated heterocycles. The maximum atomic E-state index is 10.9. The van der Waals surface area contributed by atoms with Gasteiger partial charge in [-0.05, 0) is 6.07 Å². The molecule has 2 aromatic heterocycles. The first kappa shape index (κ1) is 7.16. The highest BCUT2D eigenvalue weighted by molar-refractivity contribution is 5.95. The zero-order chi connectivity index (χ0) is 8.72. The Hall–Kier alpha value is -1.51. The van der Waals surface area contributed by atoms with Gasteiger partial charge in [0.2, 0.25) is 0 Å². The van der Waals surface area contributed by atoms with Gasteiger partial charge in [0.25, 0.3) is 0 Å². The smallest absolute Gasteiger partial charge is 0.195 e. The molecule has 0 saturated carbocycles. The Labute approximate surface area is 69.6 Å². The van der Waals surface area contributed by atoms with Gasteiger partial charge in [0.15, 0.2) is 17.1 Å². The highest BCUT2D eigenvalue weighted by Crippen LogP contribution is 2.19. The van der Waals surface area contributed by atoms with Gasteiger partial charge in [-0.3, -0.25) is 4.79 Å². The van der Waals surface area contributed by atoms with Crippen LogP contribution in [0.15, 0.2) is 22.7 Å². The van der Waals surface area contributed by atoms with Crippen LogP contribution in [0.3, 0.4) is 0 Å². The van der Waals surface area contributed by atoms with E-state index in [4.69, 9.17) is 4.42 Å².